The molecule has 0 spiro atoms. The molecule has 0 fully saturated rings. The Morgan fingerprint density at radius 2 is 1.64 bits per heavy atom. The van der Waals surface area contributed by atoms with E-state index in [-0.39, 0.29) is 18.1 Å². The lowest BCUT2D eigenvalue weighted by Gasteiger charge is -2.13. The van der Waals surface area contributed by atoms with Crippen molar-refractivity contribution in [3.63, 3.8) is 0 Å². The molecule has 3 rings (SSSR count). The molecule has 0 radical (unpaired) electrons. The van der Waals surface area contributed by atoms with Crippen molar-refractivity contribution in [3.05, 3.63) is 52.7 Å². The molecule has 2 heterocycles. The van der Waals surface area contributed by atoms with Crippen molar-refractivity contribution in [2.75, 3.05) is 14.2 Å². The summed E-state index contributed by atoms with van der Waals surface area (Å²) in [4.78, 5) is 30.3. The molecule has 0 saturated heterocycles. The van der Waals surface area contributed by atoms with Crippen LogP contribution in [0.1, 0.15) is 10.5 Å². The Morgan fingerprint density at radius 1 is 1.08 bits per heavy atom. The van der Waals surface area contributed by atoms with Gasteiger partial charge in [-0.25, -0.2) is 4.79 Å². The van der Waals surface area contributed by atoms with Crippen LogP contribution in [0.15, 0.2) is 41.5 Å². The predicted octanol–water partition coefficient (Wildman–Crippen LogP) is 2.73. The Bertz CT molecular complexity index is 986. The van der Waals surface area contributed by atoms with Gasteiger partial charge in [0.1, 0.15) is 5.69 Å². The van der Waals surface area contributed by atoms with Crippen molar-refractivity contribution in [1.82, 2.24) is 9.97 Å². The minimum Gasteiger partial charge on any atom is -0.493 e. The summed E-state index contributed by atoms with van der Waals surface area (Å²) in [6, 6.07) is 6.49. The summed E-state index contributed by atoms with van der Waals surface area (Å²) in [5, 5.41) is 10.3. The highest BCUT2D eigenvalue weighted by Gasteiger charge is 2.20. The minimum absolute atomic E-state index is 0. The van der Waals surface area contributed by atoms with Crippen molar-refractivity contribution >= 4 is 29.1 Å². The molecule has 25 heavy (non-hydrogen) atoms. The number of nitrogens with one attached hydrogen (secondary N) is 1. The second-order valence-electron chi connectivity index (χ2n) is 5.00. The molecule has 7 nitrogen and oxygen atoms in total. The normalized spacial score (nSPS) is 10.2. The van der Waals surface area contributed by atoms with E-state index in [1.165, 1.54) is 20.3 Å². The van der Waals surface area contributed by atoms with Gasteiger partial charge in [-0.05, 0) is 29.8 Å². The Labute approximate surface area is 148 Å². The molecule has 0 saturated carbocycles. The van der Waals surface area contributed by atoms with Gasteiger partial charge in [0.05, 0.1) is 19.6 Å². The van der Waals surface area contributed by atoms with Crippen LogP contribution in [0.2, 0.25) is 0 Å². The third-order valence-electron chi connectivity index (χ3n) is 3.71. The number of aromatic amines is 1. The second kappa shape index (κ2) is 7.23. The zero-order chi connectivity index (χ0) is 17.3. The van der Waals surface area contributed by atoms with E-state index in [2.05, 4.69) is 9.97 Å². The van der Waals surface area contributed by atoms with Crippen molar-refractivity contribution in [3.8, 4) is 22.6 Å². The van der Waals surface area contributed by atoms with Crippen molar-refractivity contribution in [2.24, 2.45) is 0 Å². The number of aromatic nitrogens is 2. The molecule has 1 aromatic carbocycles. The van der Waals surface area contributed by atoms with Crippen molar-refractivity contribution in [1.29, 1.82) is 0 Å². The minimum atomic E-state index is -1.23. The number of carbonyl (C=O) groups is 1. The quantitative estimate of drug-likeness (QED) is 0.740. The predicted molar refractivity (Wildman–Crippen MR) is 95.1 cm³/mol. The van der Waals surface area contributed by atoms with E-state index in [4.69, 9.17) is 9.47 Å². The van der Waals surface area contributed by atoms with Crippen LogP contribution in [-0.2, 0) is 0 Å². The van der Waals surface area contributed by atoms with E-state index in [0.29, 0.717) is 33.4 Å². The zero-order valence-corrected chi connectivity index (χ0v) is 14.2. The van der Waals surface area contributed by atoms with E-state index in [0.717, 1.165) is 0 Å². The Balaban J connectivity index is 0.00000225. The van der Waals surface area contributed by atoms with Gasteiger partial charge >= 0.3 is 5.97 Å². The molecule has 8 heteroatoms. The number of aromatic carboxylic acids is 1. The summed E-state index contributed by atoms with van der Waals surface area (Å²) >= 11 is 0. The first kappa shape index (κ1) is 18.3. The number of fused-ring (bicyclic) bond motifs is 1. The van der Waals surface area contributed by atoms with Gasteiger partial charge in [-0.3, -0.25) is 9.78 Å². The summed E-state index contributed by atoms with van der Waals surface area (Å²) in [5.74, 6) is -0.433. The van der Waals surface area contributed by atoms with E-state index in [9.17, 15) is 14.7 Å². The molecule has 0 aliphatic carbocycles. The van der Waals surface area contributed by atoms with Crippen LogP contribution in [0.3, 0.4) is 0 Å². The number of pyridine rings is 2. The van der Waals surface area contributed by atoms with Crippen LogP contribution in [0.5, 0.6) is 11.5 Å². The molecule has 0 aliphatic rings. The van der Waals surface area contributed by atoms with Gasteiger partial charge in [-0.1, -0.05) is 0 Å². The molecule has 3 aromatic rings. The number of ether oxygens (including phenoxy) is 2. The van der Waals surface area contributed by atoms with Crippen molar-refractivity contribution in [2.45, 2.75) is 0 Å². The molecular formula is C17H15ClN2O5. The highest BCUT2D eigenvalue weighted by atomic mass is 35.5. The fraction of sp³-hybridized carbons (Fsp3) is 0.118. The fourth-order valence-corrected chi connectivity index (χ4v) is 2.63. The average molecular weight is 363 g/mol. The lowest BCUT2D eigenvalue weighted by atomic mass is 9.97. The van der Waals surface area contributed by atoms with E-state index in [1.807, 2.05) is 0 Å². The Morgan fingerprint density at radius 3 is 2.16 bits per heavy atom. The van der Waals surface area contributed by atoms with E-state index < -0.39 is 11.5 Å². The summed E-state index contributed by atoms with van der Waals surface area (Å²) < 4.78 is 10.5. The maximum atomic E-state index is 12.3. The van der Waals surface area contributed by atoms with Crippen LogP contribution in [0.25, 0.3) is 21.9 Å². The highest BCUT2D eigenvalue weighted by molar-refractivity contribution is 6.06. The summed E-state index contributed by atoms with van der Waals surface area (Å²) in [6.45, 7) is 0. The lowest BCUT2D eigenvalue weighted by molar-refractivity contribution is 0.0691. The number of halogens is 1. The number of benzene rings is 1. The molecule has 0 unspecified atom stereocenters. The number of H-pyrrole nitrogens is 1. The first-order valence-electron chi connectivity index (χ1n) is 7.02. The third kappa shape index (κ3) is 3.14. The highest BCUT2D eigenvalue weighted by Crippen LogP contribution is 2.36. The largest absolute Gasteiger partial charge is 0.493 e. The summed E-state index contributed by atoms with van der Waals surface area (Å²) in [5.41, 5.74) is 0.309. The SMILES string of the molecule is COc1cc2c(-c3ccncc3)c(C(=O)O)[nH]c(=O)c2cc1OC.Cl. The van der Waals surface area contributed by atoms with Gasteiger partial charge in [0, 0.05) is 23.3 Å². The van der Waals surface area contributed by atoms with Gasteiger partial charge in [0.25, 0.3) is 5.56 Å². The number of carboxylic acids is 1. The third-order valence-corrected chi connectivity index (χ3v) is 3.71. The van der Waals surface area contributed by atoms with Gasteiger partial charge in [0.2, 0.25) is 0 Å². The van der Waals surface area contributed by atoms with E-state index >= 15 is 0 Å². The Hall–Kier alpha value is -3.06. The zero-order valence-electron chi connectivity index (χ0n) is 13.4. The smallest absolute Gasteiger partial charge is 0.353 e. The first-order chi connectivity index (χ1) is 11.6. The van der Waals surface area contributed by atoms with Gasteiger partial charge in [0.15, 0.2) is 11.5 Å². The molecule has 0 amide bonds. The number of carboxylic acid groups (broad SMARTS) is 1. The fourth-order valence-electron chi connectivity index (χ4n) is 2.63. The number of nitrogens with zero attached hydrogens (tertiary/aromatic N) is 1. The molecular weight excluding hydrogens is 348 g/mol. The van der Waals surface area contributed by atoms with Crippen LogP contribution in [0.4, 0.5) is 0 Å². The topological polar surface area (TPSA) is 102 Å². The Kier molecular flexibility index (Phi) is 5.29. The molecule has 130 valence electrons. The molecule has 0 bridgehead atoms. The van der Waals surface area contributed by atoms with Crippen LogP contribution < -0.4 is 15.0 Å². The number of methoxy groups -OCH3 is 2. The first-order valence-corrected chi connectivity index (χ1v) is 7.02. The van der Waals surface area contributed by atoms with Crippen LogP contribution >= 0.6 is 12.4 Å². The molecule has 2 aromatic heterocycles. The summed E-state index contributed by atoms with van der Waals surface area (Å²) in [7, 11) is 2.94. The summed E-state index contributed by atoms with van der Waals surface area (Å²) in [6.07, 6.45) is 3.11. The monoisotopic (exact) mass is 362 g/mol. The van der Waals surface area contributed by atoms with Crippen molar-refractivity contribution < 1.29 is 19.4 Å². The maximum Gasteiger partial charge on any atom is 0.353 e. The van der Waals surface area contributed by atoms with Gasteiger partial charge in [-0.2, -0.15) is 0 Å². The lowest BCUT2D eigenvalue weighted by Crippen LogP contribution is -2.15. The van der Waals surface area contributed by atoms with Crippen LogP contribution in [0, 0.1) is 0 Å². The molecule has 0 atom stereocenters. The molecule has 2 N–H and O–H groups in total. The second-order valence-corrected chi connectivity index (χ2v) is 5.00. The standard InChI is InChI=1S/C17H14N2O5.ClH/c1-23-12-7-10-11(8-13(12)24-2)16(20)19-15(17(21)22)14(10)9-3-5-18-6-4-9;/h3-8H,1-2H3,(H,19,20)(H,21,22);1H. The van der Waals surface area contributed by atoms with E-state index in [1.54, 1.807) is 30.6 Å². The van der Waals surface area contributed by atoms with Gasteiger partial charge < -0.3 is 19.6 Å². The average Bonchev–Trinajstić information content (AvgIpc) is 2.61. The molecule has 0 aliphatic heterocycles. The maximum absolute atomic E-state index is 12.3. The number of rotatable bonds is 4. The number of hydrogen-bond acceptors (Lipinski definition) is 5. The van der Waals surface area contributed by atoms with Crippen LogP contribution in [-0.4, -0.2) is 35.3 Å². The van der Waals surface area contributed by atoms with Gasteiger partial charge in [-0.15, -0.1) is 12.4 Å². The number of hydrogen-bond donors (Lipinski definition) is 2.